The predicted molar refractivity (Wildman–Crippen MR) is 107 cm³/mol. The average molecular weight is 409 g/mol. The van der Waals surface area contributed by atoms with Gasteiger partial charge in [0.15, 0.2) is 0 Å². The lowest BCUT2D eigenvalue weighted by Gasteiger charge is -2.05. The third kappa shape index (κ3) is 6.08. The van der Waals surface area contributed by atoms with Gasteiger partial charge in [0.2, 0.25) is 0 Å². The van der Waals surface area contributed by atoms with Crippen molar-refractivity contribution >= 4 is 45.7 Å². The van der Waals surface area contributed by atoms with Crippen LogP contribution < -0.4 is 10.6 Å². The number of aryl methyl sites for hydroxylation is 1. The molecule has 0 spiro atoms. The first-order chi connectivity index (χ1) is 12.9. The normalized spacial score (nSPS) is 10.3. The zero-order valence-electron chi connectivity index (χ0n) is 15.1. The van der Waals surface area contributed by atoms with E-state index in [-0.39, 0.29) is 17.8 Å². The number of methoxy groups -OCH3 is 1. The summed E-state index contributed by atoms with van der Waals surface area (Å²) < 4.78 is 4.57. The van der Waals surface area contributed by atoms with Crippen LogP contribution in [0.3, 0.4) is 0 Å². The Morgan fingerprint density at radius 1 is 1.15 bits per heavy atom. The highest BCUT2D eigenvalue weighted by molar-refractivity contribution is 7.18. The van der Waals surface area contributed by atoms with Crippen LogP contribution in [0.25, 0.3) is 0 Å². The number of unbranched alkanes of at least 4 members (excludes halogenated alkanes) is 1. The van der Waals surface area contributed by atoms with Crippen molar-refractivity contribution in [1.29, 1.82) is 0 Å². The van der Waals surface area contributed by atoms with Gasteiger partial charge in [-0.15, -0.1) is 11.3 Å². The van der Waals surface area contributed by atoms with Gasteiger partial charge >= 0.3 is 5.97 Å². The van der Waals surface area contributed by atoms with Crippen LogP contribution >= 0.6 is 22.9 Å². The lowest BCUT2D eigenvalue weighted by Crippen LogP contribution is -2.24. The molecule has 0 atom stereocenters. The van der Waals surface area contributed by atoms with E-state index >= 15 is 0 Å². The number of hydrogen-bond acceptors (Lipinski definition) is 5. The van der Waals surface area contributed by atoms with Crippen LogP contribution in [-0.4, -0.2) is 31.4 Å². The van der Waals surface area contributed by atoms with E-state index in [4.69, 9.17) is 11.6 Å². The molecule has 0 unspecified atom stereocenters. The third-order valence-corrected chi connectivity index (χ3v) is 5.28. The standard InChI is InChI=1S/C19H21ClN2O4S/c1-12-11-15(22-18(24)13-7-3-4-8-14(13)20)27-17(12)19(25)21-10-6-5-9-16(23)26-2/h3-4,7-8,11H,5-6,9-10H2,1-2H3,(H,21,25)(H,22,24). The molecule has 6 nitrogen and oxygen atoms in total. The number of halogens is 1. The zero-order chi connectivity index (χ0) is 19.8. The minimum absolute atomic E-state index is 0.200. The van der Waals surface area contributed by atoms with E-state index in [0.29, 0.717) is 46.3 Å². The molecule has 1 aromatic carbocycles. The maximum atomic E-state index is 12.3. The van der Waals surface area contributed by atoms with Crippen molar-refractivity contribution in [3.05, 3.63) is 51.4 Å². The third-order valence-electron chi connectivity index (χ3n) is 3.80. The lowest BCUT2D eigenvalue weighted by atomic mass is 10.2. The van der Waals surface area contributed by atoms with E-state index < -0.39 is 0 Å². The second-order valence-electron chi connectivity index (χ2n) is 5.85. The predicted octanol–water partition coefficient (Wildman–Crippen LogP) is 4.04. The summed E-state index contributed by atoms with van der Waals surface area (Å²) in [7, 11) is 1.35. The molecule has 1 aromatic heterocycles. The Kier molecular flexibility index (Phi) is 7.82. The Bertz CT molecular complexity index is 835. The van der Waals surface area contributed by atoms with Crippen molar-refractivity contribution in [2.75, 3.05) is 19.0 Å². The minimum Gasteiger partial charge on any atom is -0.469 e. The van der Waals surface area contributed by atoms with Gasteiger partial charge in [-0.25, -0.2) is 0 Å². The molecule has 0 saturated heterocycles. The van der Waals surface area contributed by atoms with E-state index in [1.165, 1.54) is 18.4 Å². The topological polar surface area (TPSA) is 84.5 Å². The highest BCUT2D eigenvalue weighted by Crippen LogP contribution is 2.27. The van der Waals surface area contributed by atoms with Crippen LogP contribution in [0.5, 0.6) is 0 Å². The molecule has 2 rings (SSSR count). The van der Waals surface area contributed by atoms with E-state index in [1.54, 1.807) is 30.3 Å². The van der Waals surface area contributed by atoms with Crippen LogP contribution in [0.1, 0.15) is 44.9 Å². The number of thiophene rings is 1. The summed E-state index contributed by atoms with van der Waals surface area (Å²) in [4.78, 5) is 36.2. The van der Waals surface area contributed by atoms with Crippen molar-refractivity contribution in [2.45, 2.75) is 26.2 Å². The van der Waals surface area contributed by atoms with Gasteiger partial charge in [0.1, 0.15) is 0 Å². The molecular formula is C19H21ClN2O4S. The quantitative estimate of drug-likeness (QED) is 0.510. The molecule has 0 aliphatic heterocycles. The van der Waals surface area contributed by atoms with Gasteiger partial charge in [0.25, 0.3) is 11.8 Å². The fraction of sp³-hybridized carbons (Fsp3) is 0.316. The lowest BCUT2D eigenvalue weighted by molar-refractivity contribution is -0.140. The Morgan fingerprint density at radius 3 is 2.59 bits per heavy atom. The summed E-state index contributed by atoms with van der Waals surface area (Å²) in [6, 6.07) is 8.53. The van der Waals surface area contributed by atoms with E-state index in [1.807, 2.05) is 6.92 Å². The summed E-state index contributed by atoms with van der Waals surface area (Å²) in [5.74, 6) is -0.778. The number of carbonyl (C=O) groups is 3. The van der Waals surface area contributed by atoms with E-state index in [9.17, 15) is 14.4 Å². The summed E-state index contributed by atoms with van der Waals surface area (Å²) >= 11 is 7.24. The Hall–Kier alpha value is -2.38. The fourth-order valence-corrected chi connectivity index (χ4v) is 3.58. The van der Waals surface area contributed by atoms with Crippen molar-refractivity contribution in [1.82, 2.24) is 5.32 Å². The number of anilines is 1. The molecule has 2 N–H and O–H groups in total. The first-order valence-electron chi connectivity index (χ1n) is 8.43. The fourth-order valence-electron chi connectivity index (χ4n) is 2.37. The van der Waals surface area contributed by atoms with Gasteiger partial charge in [-0.3, -0.25) is 14.4 Å². The number of nitrogens with one attached hydrogen (secondary N) is 2. The van der Waals surface area contributed by atoms with Crippen molar-refractivity contribution in [3.8, 4) is 0 Å². The highest BCUT2D eigenvalue weighted by atomic mass is 35.5. The number of amides is 2. The highest BCUT2D eigenvalue weighted by Gasteiger charge is 2.16. The summed E-state index contributed by atoms with van der Waals surface area (Å²) in [6.07, 6.45) is 1.67. The molecule has 27 heavy (non-hydrogen) atoms. The second-order valence-corrected chi connectivity index (χ2v) is 7.31. The molecule has 8 heteroatoms. The maximum Gasteiger partial charge on any atom is 0.305 e. The Morgan fingerprint density at radius 2 is 1.89 bits per heavy atom. The van der Waals surface area contributed by atoms with Gasteiger partial charge < -0.3 is 15.4 Å². The smallest absolute Gasteiger partial charge is 0.305 e. The molecule has 0 saturated carbocycles. The van der Waals surface area contributed by atoms with Crippen LogP contribution in [0.15, 0.2) is 30.3 Å². The molecule has 0 bridgehead atoms. The number of benzene rings is 1. The Balaban J connectivity index is 1.89. The van der Waals surface area contributed by atoms with Gasteiger partial charge in [0, 0.05) is 13.0 Å². The SMILES string of the molecule is COC(=O)CCCCNC(=O)c1sc(NC(=O)c2ccccc2Cl)cc1C. The van der Waals surface area contributed by atoms with Crippen LogP contribution in [0.2, 0.25) is 5.02 Å². The average Bonchev–Trinajstić information content (AvgIpc) is 3.01. The van der Waals surface area contributed by atoms with E-state index in [0.717, 1.165) is 5.56 Å². The first-order valence-corrected chi connectivity index (χ1v) is 9.63. The monoisotopic (exact) mass is 408 g/mol. The van der Waals surface area contributed by atoms with Crippen LogP contribution in [0.4, 0.5) is 5.00 Å². The number of esters is 1. The molecule has 0 aliphatic rings. The molecule has 2 aromatic rings. The van der Waals surface area contributed by atoms with Crippen molar-refractivity contribution in [3.63, 3.8) is 0 Å². The minimum atomic E-state index is -0.323. The van der Waals surface area contributed by atoms with E-state index in [2.05, 4.69) is 15.4 Å². The summed E-state index contributed by atoms with van der Waals surface area (Å²) in [6.45, 7) is 2.28. The number of ether oxygens (including phenoxy) is 1. The molecule has 144 valence electrons. The zero-order valence-corrected chi connectivity index (χ0v) is 16.7. The largest absolute Gasteiger partial charge is 0.469 e. The molecular weight excluding hydrogens is 388 g/mol. The van der Waals surface area contributed by atoms with Gasteiger partial charge in [-0.1, -0.05) is 23.7 Å². The summed E-state index contributed by atoms with van der Waals surface area (Å²) in [5, 5.41) is 6.54. The number of hydrogen-bond donors (Lipinski definition) is 2. The van der Waals surface area contributed by atoms with Crippen LogP contribution in [-0.2, 0) is 9.53 Å². The van der Waals surface area contributed by atoms with Gasteiger partial charge in [-0.05, 0) is 43.5 Å². The van der Waals surface area contributed by atoms with Crippen LogP contribution in [0, 0.1) is 6.92 Å². The van der Waals surface area contributed by atoms with Gasteiger partial charge in [-0.2, -0.15) is 0 Å². The summed E-state index contributed by atoms with van der Waals surface area (Å²) in [5.41, 5.74) is 1.16. The Labute approximate surface area is 166 Å². The van der Waals surface area contributed by atoms with Crippen molar-refractivity contribution in [2.24, 2.45) is 0 Å². The molecule has 2 amide bonds. The second kappa shape index (κ2) is 10.1. The molecule has 1 heterocycles. The molecule has 0 aliphatic carbocycles. The van der Waals surface area contributed by atoms with Crippen molar-refractivity contribution < 1.29 is 19.1 Å². The van der Waals surface area contributed by atoms with Gasteiger partial charge in [0.05, 0.1) is 27.6 Å². The molecule has 0 fully saturated rings. The maximum absolute atomic E-state index is 12.3. The first kappa shape index (κ1) is 20.9. The number of rotatable bonds is 8. The molecule has 0 radical (unpaired) electrons. The number of carbonyl (C=O) groups excluding carboxylic acids is 3.